The van der Waals surface area contributed by atoms with Crippen molar-refractivity contribution in [3.05, 3.63) is 71.3 Å². The number of carbonyl (C=O) groups is 2. The van der Waals surface area contributed by atoms with Crippen LogP contribution in [0, 0.1) is 5.92 Å². The van der Waals surface area contributed by atoms with E-state index < -0.39 is 0 Å². The molecule has 1 aliphatic carbocycles. The number of carbonyl (C=O) groups excluding carboxylic acids is 2. The Hall–Kier alpha value is -2.50. The van der Waals surface area contributed by atoms with Crippen LogP contribution in [0.3, 0.4) is 0 Å². The summed E-state index contributed by atoms with van der Waals surface area (Å²) in [5.74, 6) is -0.285. The van der Waals surface area contributed by atoms with Crippen LogP contribution in [0.15, 0.2) is 54.6 Å². The molecule has 0 spiro atoms. The number of amides is 1. The summed E-state index contributed by atoms with van der Waals surface area (Å²) in [5.41, 5.74) is 3.49. The van der Waals surface area contributed by atoms with Crippen LogP contribution < -0.4 is 0 Å². The Kier molecular flexibility index (Phi) is 7.94. The average Bonchev–Trinajstić information content (AvgIpc) is 3.27. The standard InChI is InChI=1S/C28H37N3O2/c1-29(2)15-8-16-31(28(33)27(32)23-9-4-3-5-10-23)21-22-13-17-30(18-14-22)26-19-24-11-6-7-12-25(24)20-26/h3-7,9-12,22,26H,8,13-21H2,1-2H3. The third-order valence-electron chi connectivity index (χ3n) is 7.22. The molecular weight excluding hydrogens is 410 g/mol. The largest absolute Gasteiger partial charge is 0.335 e. The van der Waals surface area contributed by atoms with E-state index in [2.05, 4.69) is 34.1 Å². The highest BCUT2D eigenvalue weighted by atomic mass is 16.2. The fourth-order valence-corrected chi connectivity index (χ4v) is 5.32. The van der Waals surface area contributed by atoms with Crippen LogP contribution in [0.4, 0.5) is 0 Å². The van der Waals surface area contributed by atoms with Crippen molar-refractivity contribution in [3.63, 3.8) is 0 Å². The van der Waals surface area contributed by atoms with Crippen molar-refractivity contribution in [1.82, 2.24) is 14.7 Å². The predicted molar refractivity (Wildman–Crippen MR) is 132 cm³/mol. The molecule has 33 heavy (non-hydrogen) atoms. The second-order valence-corrected chi connectivity index (χ2v) is 9.91. The van der Waals surface area contributed by atoms with Crippen LogP contribution in [-0.4, -0.2) is 79.3 Å². The normalized spacial score (nSPS) is 17.3. The van der Waals surface area contributed by atoms with E-state index >= 15 is 0 Å². The monoisotopic (exact) mass is 447 g/mol. The van der Waals surface area contributed by atoms with Crippen LogP contribution in [-0.2, 0) is 17.6 Å². The van der Waals surface area contributed by atoms with E-state index in [1.807, 2.05) is 37.2 Å². The first-order chi connectivity index (χ1) is 16.0. The van der Waals surface area contributed by atoms with Gasteiger partial charge >= 0.3 is 0 Å². The van der Waals surface area contributed by atoms with Gasteiger partial charge in [0.2, 0.25) is 5.78 Å². The van der Waals surface area contributed by atoms with Gasteiger partial charge in [-0.2, -0.15) is 0 Å². The summed E-state index contributed by atoms with van der Waals surface area (Å²) in [4.78, 5) is 32.6. The lowest BCUT2D eigenvalue weighted by atomic mass is 9.94. The fraction of sp³-hybridized carbons (Fsp3) is 0.500. The molecule has 0 N–H and O–H groups in total. The van der Waals surface area contributed by atoms with Crippen molar-refractivity contribution < 1.29 is 9.59 Å². The molecule has 0 bridgehead atoms. The zero-order valence-electron chi connectivity index (χ0n) is 20.1. The summed E-state index contributed by atoms with van der Waals surface area (Å²) in [6.45, 7) is 4.38. The van der Waals surface area contributed by atoms with Gasteiger partial charge in [0.25, 0.3) is 5.91 Å². The molecule has 2 aliphatic rings. The molecule has 2 aromatic carbocycles. The Bertz CT molecular complexity index is 910. The quantitative estimate of drug-likeness (QED) is 0.436. The highest BCUT2D eigenvalue weighted by Crippen LogP contribution is 2.29. The molecule has 0 atom stereocenters. The fourth-order valence-electron chi connectivity index (χ4n) is 5.32. The van der Waals surface area contributed by atoms with Gasteiger partial charge in [0.1, 0.15) is 0 Å². The molecule has 0 radical (unpaired) electrons. The summed E-state index contributed by atoms with van der Waals surface area (Å²) >= 11 is 0. The molecule has 1 aliphatic heterocycles. The lowest BCUT2D eigenvalue weighted by Gasteiger charge is -2.37. The van der Waals surface area contributed by atoms with Gasteiger partial charge in [0.15, 0.2) is 0 Å². The van der Waals surface area contributed by atoms with E-state index in [1.165, 1.54) is 11.1 Å². The molecular formula is C28H37N3O2. The second-order valence-electron chi connectivity index (χ2n) is 9.91. The van der Waals surface area contributed by atoms with E-state index in [0.29, 0.717) is 30.6 Å². The van der Waals surface area contributed by atoms with Gasteiger partial charge in [-0.25, -0.2) is 0 Å². The number of ketones is 1. The predicted octanol–water partition coefficient (Wildman–Crippen LogP) is 3.53. The molecule has 1 heterocycles. The first kappa shape index (κ1) is 23.7. The van der Waals surface area contributed by atoms with Crippen LogP contribution in [0.2, 0.25) is 0 Å². The van der Waals surface area contributed by atoms with E-state index in [4.69, 9.17) is 0 Å². The molecule has 1 saturated heterocycles. The summed E-state index contributed by atoms with van der Waals surface area (Å²) in [6.07, 6.45) is 5.36. The zero-order chi connectivity index (χ0) is 23.2. The molecule has 4 rings (SSSR count). The first-order valence-corrected chi connectivity index (χ1v) is 12.4. The number of piperidine rings is 1. The van der Waals surface area contributed by atoms with Gasteiger partial charge in [-0.1, -0.05) is 54.6 Å². The number of hydrogen-bond acceptors (Lipinski definition) is 4. The number of Topliss-reactive ketones (excluding diaryl/α,β-unsaturated/α-hetero) is 1. The van der Waals surface area contributed by atoms with Gasteiger partial charge in [0, 0.05) is 24.7 Å². The molecule has 0 aromatic heterocycles. The maximum Gasteiger partial charge on any atom is 0.294 e. The second kappa shape index (κ2) is 11.1. The SMILES string of the molecule is CN(C)CCCN(CC1CCN(C2Cc3ccccc3C2)CC1)C(=O)C(=O)c1ccccc1. The molecule has 2 aromatic rings. The summed E-state index contributed by atoms with van der Waals surface area (Å²) in [7, 11) is 4.08. The minimum atomic E-state index is -0.387. The molecule has 5 heteroatoms. The Labute approximate surface area is 198 Å². The Balaban J connectivity index is 1.33. The van der Waals surface area contributed by atoms with Crippen molar-refractivity contribution >= 4 is 11.7 Å². The number of benzene rings is 2. The highest BCUT2D eigenvalue weighted by Gasteiger charge is 2.31. The number of rotatable bonds is 9. The maximum atomic E-state index is 13.1. The molecule has 0 saturated carbocycles. The Morgan fingerprint density at radius 3 is 2.09 bits per heavy atom. The van der Waals surface area contributed by atoms with Crippen molar-refractivity contribution in [3.8, 4) is 0 Å². The zero-order valence-corrected chi connectivity index (χ0v) is 20.1. The Morgan fingerprint density at radius 2 is 1.48 bits per heavy atom. The molecule has 0 unspecified atom stereocenters. The van der Waals surface area contributed by atoms with Gasteiger partial charge in [-0.15, -0.1) is 0 Å². The third kappa shape index (κ3) is 6.10. The minimum absolute atomic E-state index is 0.353. The first-order valence-electron chi connectivity index (χ1n) is 12.4. The lowest BCUT2D eigenvalue weighted by Crippen LogP contribution is -2.46. The summed E-state index contributed by atoms with van der Waals surface area (Å²) < 4.78 is 0. The third-order valence-corrected chi connectivity index (χ3v) is 7.22. The minimum Gasteiger partial charge on any atom is -0.335 e. The van der Waals surface area contributed by atoms with Crippen LogP contribution in [0.1, 0.15) is 40.7 Å². The van der Waals surface area contributed by atoms with E-state index in [-0.39, 0.29) is 11.7 Å². The molecule has 1 fully saturated rings. The number of hydrogen-bond donors (Lipinski definition) is 0. The smallest absolute Gasteiger partial charge is 0.294 e. The van der Waals surface area contributed by atoms with Crippen LogP contribution in [0.5, 0.6) is 0 Å². The maximum absolute atomic E-state index is 13.1. The van der Waals surface area contributed by atoms with Gasteiger partial charge in [0.05, 0.1) is 0 Å². The number of fused-ring (bicyclic) bond motifs is 1. The number of likely N-dealkylation sites (tertiary alicyclic amines) is 1. The van der Waals surface area contributed by atoms with Crippen molar-refractivity contribution in [2.45, 2.75) is 38.1 Å². The molecule has 5 nitrogen and oxygen atoms in total. The van der Waals surface area contributed by atoms with Gasteiger partial charge in [-0.3, -0.25) is 14.5 Å². The molecule has 1 amide bonds. The van der Waals surface area contributed by atoms with Crippen molar-refractivity contribution in [1.29, 1.82) is 0 Å². The topological polar surface area (TPSA) is 43.9 Å². The lowest BCUT2D eigenvalue weighted by molar-refractivity contribution is -0.127. The highest BCUT2D eigenvalue weighted by molar-refractivity contribution is 6.42. The van der Waals surface area contributed by atoms with Crippen molar-refractivity contribution in [2.24, 2.45) is 5.92 Å². The van der Waals surface area contributed by atoms with E-state index in [9.17, 15) is 9.59 Å². The molecule has 176 valence electrons. The van der Waals surface area contributed by atoms with Crippen LogP contribution in [0.25, 0.3) is 0 Å². The van der Waals surface area contributed by atoms with Gasteiger partial charge in [-0.05, 0) is 82.9 Å². The number of nitrogens with zero attached hydrogens (tertiary/aromatic N) is 3. The van der Waals surface area contributed by atoms with E-state index in [0.717, 1.165) is 51.7 Å². The van der Waals surface area contributed by atoms with E-state index in [1.54, 1.807) is 12.1 Å². The summed E-state index contributed by atoms with van der Waals surface area (Å²) in [6, 6.07) is 18.4. The average molecular weight is 448 g/mol. The van der Waals surface area contributed by atoms with Crippen LogP contribution >= 0.6 is 0 Å². The summed E-state index contributed by atoms with van der Waals surface area (Å²) in [5, 5.41) is 0. The van der Waals surface area contributed by atoms with Gasteiger partial charge < -0.3 is 9.80 Å². The van der Waals surface area contributed by atoms with Crippen molar-refractivity contribution in [2.75, 3.05) is 46.8 Å². The Morgan fingerprint density at radius 1 is 0.879 bits per heavy atom.